The fourth-order valence-electron chi connectivity index (χ4n) is 2.89. The average Bonchev–Trinajstić information content (AvgIpc) is 2.54. The van der Waals surface area contributed by atoms with E-state index >= 15 is 0 Å². The molecule has 0 fully saturated rings. The van der Waals surface area contributed by atoms with Gasteiger partial charge in [-0.05, 0) is 38.4 Å². The highest BCUT2D eigenvalue weighted by molar-refractivity contribution is 7.89. The highest BCUT2D eigenvalue weighted by Gasteiger charge is 2.37. The SMILES string of the molecule is CNS(=O)(=O)CCCC(=O)C[C@H]1Cc2cccc(C(C)=O)c2OB1O. The Kier molecular flexibility index (Phi) is 6.37. The van der Waals surface area contributed by atoms with E-state index in [0.29, 0.717) is 17.7 Å². The molecule has 0 saturated carbocycles. The minimum absolute atomic E-state index is 0.102. The van der Waals surface area contributed by atoms with Gasteiger partial charge < -0.3 is 9.68 Å². The molecule has 136 valence electrons. The van der Waals surface area contributed by atoms with E-state index in [1.807, 2.05) is 6.07 Å². The van der Waals surface area contributed by atoms with E-state index in [4.69, 9.17) is 4.65 Å². The normalized spacial score (nSPS) is 16.9. The van der Waals surface area contributed by atoms with Crippen LogP contribution >= 0.6 is 0 Å². The largest absolute Gasteiger partial charge is 0.535 e. The summed E-state index contributed by atoms with van der Waals surface area (Å²) in [5, 5.41) is 10.2. The molecule has 1 aromatic rings. The minimum Gasteiger partial charge on any atom is -0.535 e. The van der Waals surface area contributed by atoms with E-state index in [2.05, 4.69) is 4.72 Å². The lowest BCUT2D eigenvalue weighted by Crippen LogP contribution is -2.35. The fourth-order valence-corrected chi connectivity index (χ4v) is 3.62. The van der Waals surface area contributed by atoms with Crippen molar-refractivity contribution >= 4 is 28.7 Å². The maximum absolute atomic E-state index is 12.1. The molecule has 25 heavy (non-hydrogen) atoms. The summed E-state index contributed by atoms with van der Waals surface area (Å²) in [6.07, 6.45) is 0.893. The summed E-state index contributed by atoms with van der Waals surface area (Å²) in [7, 11) is -3.16. The third kappa shape index (κ3) is 5.13. The second-order valence-corrected chi connectivity index (χ2v) is 8.24. The Morgan fingerprint density at radius 2 is 2.12 bits per heavy atom. The molecule has 0 aromatic heterocycles. The van der Waals surface area contributed by atoms with Crippen molar-refractivity contribution < 1.29 is 27.7 Å². The predicted octanol–water partition coefficient (Wildman–Crippen LogP) is 0.963. The number of sulfonamides is 1. The van der Waals surface area contributed by atoms with E-state index < -0.39 is 23.0 Å². The first-order chi connectivity index (χ1) is 11.7. The smallest absolute Gasteiger partial charge is 0.526 e. The van der Waals surface area contributed by atoms with Gasteiger partial charge in [0.05, 0.1) is 11.3 Å². The molecule has 0 bridgehead atoms. The van der Waals surface area contributed by atoms with Gasteiger partial charge >= 0.3 is 7.12 Å². The highest BCUT2D eigenvalue weighted by atomic mass is 32.2. The van der Waals surface area contributed by atoms with Gasteiger partial charge in [-0.2, -0.15) is 0 Å². The van der Waals surface area contributed by atoms with Crippen molar-refractivity contribution in [1.82, 2.24) is 4.72 Å². The van der Waals surface area contributed by atoms with E-state index in [1.165, 1.54) is 14.0 Å². The number of para-hydroxylation sites is 1. The van der Waals surface area contributed by atoms with Gasteiger partial charge in [-0.25, -0.2) is 13.1 Å². The Morgan fingerprint density at radius 1 is 1.40 bits per heavy atom. The van der Waals surface area contributed by atoms with E-state index in [-0.39, 0.29) is 36.6 Å². The van der Waals surface area contributed by atoms with Crippen LogP contribution in [0, 0.1) is 0 Å². The van der Waals surface area contributed by atoms with E-state index in [9.17, 15) is 23.0 Å². The molecule has 1 aliphatic heterocycles. The lowest BCUT2D eigenvalue weighted by molar-refractivity contribution is -0.119. The van der Waals surface area contributed by atoms with Crippen LogP contribution in [0.5, 0.6) is 5.75 Å². The number of carbonyl (C=O) groups excluding carboxylic acids is 2. The van der Waals surface area contributed by atoms with Crippen LogP contribution in [-0.4, -0.2) is 44.9 Å². The molecule has 0 unspecified atom stereocenters. The maximum atomic E-state index is 12.1. The first-order valence-corrected chi connectivity index (χ1v) is 9.79. The van der Waals surface area contributed by atoms with Crippen LogP contribution in [0.25, 0.3) is 0 Å². The molecule has 0 radical (unpaired) electrons. The van der Waals surface area contributed by atoms with Gasteiger partial charge in [-0.1, -0.05) is 12.1 Å². The van der Waals surface area contributed by atoms with Crippen molar-refractivity contribution in [2.24, 2.45) is 0 Å². The number of hydrogen-bond acceptors (Lipinski definition) is 6. The van der Waals surface area contributed by atoms with Crippen molar-refractivity contribution in [2.75, 3.05) is 12.8 Å². The molecule has 0 saturated heterocycles. The number of nitrogens with one attached hydrogen (secondary N) is 1. The molecule has 7 nitrogen and oxygen atoms in total. The van der Waals surface area contributed by atoms with Crippen molar-refractivity contribution in [1.29, 1.82) is 0 Å². The van der Waals surface area contributed by atoms with Crippen molar-refractivity contribution in [3.05, 3.63) is 29.3 Å². The number of rotatable bonds is 8. The second kappa shape index (κ2) is 8.12. The fraction of sp³-hybridized carbons (Fsp3) is 0.500. The van der Waals surface area contributed by atoms with Gasteiger partial charge in [0.1, 0.15) is 11.5 Å². The summed E-state index contributed by atoms with van der Waals surface area (Å²) in [6.45, 7) is 1.43. The zero-order valence-electron chi connectivity index (χ0n) is 14.3. The molecule has 0 aliphatic carbocycles. The Bertz CT molecular complexity index is 764. The number of fused-ring (bicyclic) bond motifs is 1. The first-order valence-electron chi connectivity index (χ1n) is 8.14. The molecule has 0 amide bonds. The van der Waals surface area contributed by atoms with Crippen molar-refractivity contribution in [3.63, 3.8) is 0 Å². The quantitative estimate of drug-likeness (QED) is 0.523. The first kappa shape index (κ1) is 19.6. The molecule has 2 N–H and O–H groups in total. The summed E-state index contributed by atoms with van der Waals surface area (Å²) in [5.74, 6) is -0.409. The number of Topliss-reactive ketones (excluding diaryl/α,β-unsaturated/α-hetero) is 2. The topological polar surface area (TPSA) is 110 Å². The second-order valence-electron chi connectivity index (χ2n) is 6.19. The van der Waals surface area contributed by atoms with E-state index in [0.717, 1.165) is 5.56 Å². The summed E-state index contributed by atoms with van der Waals surface area (Å²) < 4.78 is 30.4. The number of ketones is 2. The van der Waals surface area contributed by atoms with Crippen LogP contribution in [0.2, 0.25) is 5.82 Å². The van der Waals surface area contributed by atoms with E-state index in [1.54, 1.807) is 12.1 Å². The van der Waals surface area contributed by atoms with Crippen LogP contribution in [0.3, 0.4) is 0 Å². The molecule has 1 heterocycles. The van der Waals surface area contributed by atoms with Gasteiger partial charge in [0.2, 0.25) is 10.0 Å². The summed E-state index contributed by atoms with van der Waals surface area (Å²) in [4.78, 5) is 23.7. The van der Waals surface area contributed by atoms with Gasteiger partial charge in [-0.3, -0.25) is 9.59 Å². The monoisotopic (exact) mass is 367 g/mol. The molecule has 0 spiro atoms. The standard InChI is InChI=1S/C16H22BNO6S/c1-11(19)15-7-3-5-12-9-13(17(21)24-16(12)15)10-14(20)6-4-8-25(22,23)18-2/h3,5,7,13,18,21H,4,6,8-10H2,1-2H3/t13-/m1/s1. The highest BCUT2D eigenvalue weighted by Crippen LogP contribution is 2.36. The van der Waals surface area contributed by atoms with Gasteiger partial charge in [-0.15, -0.1) is 0 Å². The average molecular weight is 367 g/mol. The molecule has 2 rings (SSSR count). The summed E-state index contributed by atoms with van der Waals surface area (Å²) in [6, 6.07) is 5.20. The Balaban J connectivity index is 1.97. The van der Waals surface area contributed by atoms with Crippen molar-refractivity contribution in [2.45, 2.75) is 38.4 Å². The molecular weight excluding hydrogens is 345 g/mol. The molecule has 1 aliphatic rings. The van der Waals surface area contributed by atoms with Crippen molar-refractivity contribution in [3.8, 4) is 5.75 Å². The molecular formula is C16H22BNO6S. The van der Waals surface area contributed by atoms with Gasteiger partial charge in [0, 0.05) is 18.7 Å². The third-order valence-electron chi connectivity index (χ3n) is 4.27. The zero-order valence-corrected chi connectivity index (χ0v) is 15.1. The van der Waals surface area contributed by atoms with Gasteiger partial charge in [0.25, 0.3) is 0 Å². The number of benzene rings is 1. The number of hydrogen-bond donors (Lipinski definition) is 2. The van der Waals surface area contributed by atoms with Crippen LogP contribution in [-0.2, 0) is 21.2 Å². The summed E-state index contributed by atoms with van der Waals surface area (Å²) >= 11 is 0. The predicted molar refractivity (Wildman–Crippen MR) is 94.2 cm³/mol. The zero-order chi connectivity index (χ0) is 18.6. The number of carbonyl (C=O) groups is 2. The minimum atomic E-state index is -3.32. The van der Waals surface area contributed by atoms with Crippen LogP contribution in [0.1, 0.15) is 42.1 Å². The Labute approximate surface area is 148 Å². The van der Waals surface area contributed by atoms with Gasteiger partial charge in [0.15, 0.2) is 5.78 Å². The molecule has 1 aromatic carbocycles. The summed E-state index contributed by atoms with van der Waals surface area (Å²) in [5.41, 5.74) is 1.20. The van der Waals surface area contributed by atoms with Crippen LogP contribution < -0.4 is 9.38 Å². The Hall–Kier alpha value is -1.71. The third-order valence-corrected chi connectivity index (χ3v) is 5.72. The molecule has 1 atom stereocenters. The lowest BCUT2D eigenvalue weighted by Gasteiger charge is -2.28. The van der Waals surface area contributed by atoms with Crippen LogP contribution in [0.15, 0.2) is 18.2 Å². The van der Waals surface area contributed by atoms with Crippen LogP contribution in [0.4, 0.5) is 0 Å². The maximum Gasteiger partial charge on any atom is 0.526 e. The Morgan fingerprint density at radius 3 is 2.76 bits per heavy atom. The molecule has 9 heteroatoms. The lowest BCUT2D eigenvalue weighted by atomic mass is 9.64.